The quantitative estimate of drug-likeness (QED) is 0.724. The van der Waals surface area contributed by atoms with Crippen molar-refractivity contribution in [3.05, 3.63) is 71.1 Å². The van der Waals surface area contributed by atoms with Crippen LogP contribution < -0.4 is 10.6 Å². The molecule has 2 heterocycles. The van der Waals surface area contributed by atoms with Crippen LogP contribution in [0.15, 0.2) is 65.5 Å². The average molecular weight is 356 g/mol. The van der Waals surface area contributed by atoms with E-state index in [9.17, 15) is 0 Å². The van der Waals surface area contributed by atoms with Crippen LogP contribution in [0.2, 0.25) is 0 Å². The number of nitrogens with zero attached hydrogens (tertiary/aromatic N) is 3. The van der Waals surface area contributed by atoms with Gasteiger partial charge in [0.05, 0.1) is 5.69 Å². The van der Waals surface area contributed by atoms with Crippen molar-refractivity contribution in [2.24, 2.45) is 0 Å². The topological polar surface area (TPSA) is 62.7 Å². The van der Waals surface area contributed by atoms with Gasteiger partial charge >= 0.3 is 0 Å². The highest BCUT2D eigenvalue weighted by molar-refractivity contribution is 9.10. The summed E-state index contributed by atoms with van der Waals surface area (Å²) in [5.74, 6) is 1.31. The molecule has 5 nitrogen and oxygen atoms in total. The van der Waals surface area contributed by atoms with Crippen molar-refractivity contribution in [3.63, 3.8) is 0 Å². The average Bonchev–Trinajstić information content (AvgIpc) is 2.57. The Morgan fingerprint density at radius 2 is 1.77 bits per heavy atom. The fraction of sp³-hybridized carbons (Fsp3) is 0.0625. The maximum atomic E-state index is 4.45. The summed E-state index contributed by atoms with van der Waals surface area (Å²) in [4.78, 5) is 12.7. The van der Waals surface area contributed by atoms with E-state index in [1.807, 2.05) is 42.5 Å². The first kappa shape index (κ1) is 14.5. The maximum Gasteiger partial charge on any atom is 0.229 e. The summed E-state index contributed by atoms with van der Waals surface area (Å²) in [7, 11) is 0. The fourth-order valence-electron chi connectivity index (χ4n) is 1.89. The Bertz CT molecular complexity index is 748. The summed E-state index contributed by atoms with van der Waals surface area (Å²) >= 11 is 3.49. The van der Waals surface area contributed by atoms with Crippen molar-refractivity contribution < 1.29 is 0 Å². The number of halogens is 1. The van der Waals surface area contributed by atoms with Gasteiger partial charge < -0.3 is 10.6 Å². The number of pyridine rings is 1. The summed E-state index contributed by atoms with van der Waals surface area (Å²) in [5, 5.41) is 6.46. The summed E-state index contributed by atoms with van der Waals surface area (Å²) in [6.45, 7) is 0.688. The lowest BCUT2D eigenvalue weighted by Gasteiger charge is -2.09. The molecule has 2 N–H and O–H groups in total. The molecule has 0 unspecified atom stereocenters. The highest BCUT2D eigenvalue weighted by atomic mass is 79.9. The summed E-state index contributed by atoms with van der Waals surface area (Å²) in [5.41, 5.74) is 2.07. The molecule has 1 aromatic carbocycles. The van der Waals surface area contributed by atoms with E-state index >= 15 is 0 Å². The van der Waals surface area contributed by atoms with Gasteiger partial charge in [0.25, 0.3) is 0 Å². The minimum absolute atomic E-state index is 0.548. The lowest BCUT2D eigenvalue weighted by Crippen LogP contribution is -2.04. The maximum absolute atomic E-state index is 4.45. The molecule has 0 atom stereocenters. The van der Waals surface area contributed by atoms with Crippen LogP contribution in [0.4, 0.5) is 17.5 Å². The van der Waals surface area contributed by atoms with Gasteiger partial charge in [0.15, 0.2) is 0 Å². The molecule has 0 saturated carbocycles. The van der Waals surface area contributed by atoms with Gasteiger partial charge in [0.2, 0.25) is 5.95 Å². The monoisotopic (exact) mass is 355 g/mol. The zero-order valence-electron chi connectivity index (χ0n) is 11.7. The van der Waals surface area contributed by atoms with E-state index in [2.05, 4.69) is 41.5 Å². The Kier molecular flexibility index (Phi) is 4.60. The number of nitrogens with one attached hydrogen (secondary N) is 2. The van der Waals surface area contributed by atoms with E-state index in [1.54, 1.807) is 18.6 Å². The summed E-state index contributed by atoms with van der Waals surface area (Å²) in [6, 6.07) is 13.6. The lowest BCUT2D eigenvalue weighted by atomic mass is 10.3. The largest absolute Gasteiger partial charge is 0.366 e. The number of anilines is 3. The van der Waals surface area contributed by atoms with E-state index in [0.29, 0.717) is 12.5 Å². The molecular weight excluding hydrogens is 342 g/mol. The third-order valence-electron chi connectivity index (χ3n) is 3.00. The SMILES string of the molecule is Brc1ccccc1Nc1nccc(NCc2ccncc2)n1. The first-order valence-corrected chi connectivity index (χ1v) is 7.58. The van der Waals surface area contributed by atoms with Gasteiger partial charge in [-0.2, -0.15) is 4.98 Å². The standard InChI is InChI=1S/C16H14BrN5/c17-13-3-1-2-4-14(13)21-16-19-10-7-15(22-16)20-11-12-5-8-18-9-6-12/h1-10H,11H2,(H2,19,20,21,22). The fourth-order valence-corrected chi connectivity index (χ4v) is 2.28. The molecule has 0 spiro atoms. The van der Waals surface area contributed by atoms with E-state index in [4.69, 9.17) is 0 Å². The van der Waals surface area contributed by atoms with Crippen LogP contribution in [0.1, 0.15) is 5.56 Å². The molecule has 110 valence electrons. The number of hydrogen-bond donors (Lipinski definition) is 2. The molecule has 0 saturated heterocycles. The minimum Gasteiger partial charge on any atom is -0.366 e. The van der Waals surface area contributed by atoms with Gasteiger partial charge in [-0.25, -0.2) is 4.98 Å². The van der Waals surface area contributed by atoms with Crippen LogP contribution in [-0.4, -0.2) is 15.0 Å². The molecule has 0 fully saturated rings. The zero-order valence-corrected chi connectivity index (χ0v) is 13.3. The summed E-state index contributed by atoms with van der Waals surface area (Å²) < 4.78 is 0.966. The molecule has 0 aliphatic heterocycles. The van der Waals surface area contributed by atoms with Crippen molar-refractivity contribution in [1.82, 2.24) is 15.0 Å². The highest BCUT2D eigenvalue weighted by Crippen LogP contribution is 2.24. The Balaban J connectivity index is 1.69. The number of rotatable bonds is 5. The van der Waals surface area contributed by atoms with Crippen LogP contribution in [0.5, 0.6) is 0 Å². The third-order valence-corrected chi connectivity index (χ3v) is 3.69. The molecule has 0 radical (unpaired) electrons. The molecule has 0 amide bonds. The van der Waals surface area contributed by atoms with Crippen molar-refractivity contribution in [2.45, 2.75) is 6.54 Å². The van der Waals surface area contributed by atoms with E-state index in [1.165, 1.54) is 0 Å². The number of para-hydroxylation sites is 1. The van der Waals surface area contributed by atoms with E-state index in [0.717, 1.165) is 21.5 Å². The van der Waals surface area contributed by atoms with Gasteiger partial charge in [-0.3, -0.25) is 4.98 Å². The Morgan fingerprint density at radius 3 is 2.59 bits per heavy atom. The van der Waals surface area contributed by atoms with Crippen LogP contribution in [-0.2, 0) is 6.54 Å². The Labute approximate surface area is 137 Å². The Morgan fingerprint density at radius 1 is 0.955 bits per heavy atom. The lowest BCUT2D eigenvalue weighted by molar-refractivity contribution is 1.07. The smallest absolute Gasteiger partial charge is 0.229 e. The number of aromatic nitrogens is 3. The van der Waals surface area contributed by atoms with Gasteiger partial charge in [0.1, 0.15) is 5.82 Å². The predicted molar refractivity (Wildman–Crippen MR) is 91.0 cm³/mol. The minimum atomic E-state index is 0.548. The second-order valence-electron chi connectivity index (χ2n) is 4.58. The molecule has 3 rings (SSSR count). The first-order chi connectivity index (χ1) is 10.8. The normalized spacial score (nSPS) is 10.2. The zero-order chi connectivity index (χ0) is 15.2. The van der Waals surface area contributed by atoms with E-state index < -0.39 is 0 Å². The van der Waals surface area contributed by atoms with Crippen molar-refractivity contribution in [1.29, 1.82) is 0 Å². The van der Waals surface area contributed by atoms with Crippen molar-refractivity contribution >= 4 is 33.4 Å². The number of benzene rings is 1. The van der Waals surface area contributed by atoms with Gasteiger partial charge in [-0.05, 0) is 51.8 Å². The number of hydrogen-bond acceptors (Lipinski definition) is 5. The van der Waals surface area contributed by atoms with Crippen LogP contribution >= 0.6 is 15.9 Å². The van der Waals surface area contributed by atoms with E-state index in [-0.39, 0.29) is 0 Å². The van der Waals surface area contributed by atoms with Gasteiger partial charge in [-0.1, -0.05) is 12.1 Å². The molecule has 3 aromatic rings. The molecular formula is C16H14BrN5. The van der Waals surface area contributed by atoms with Crippen LogP contribution in [0.3, 0.4) is 0 Å². The third kappa shape index (κ3) is 3.79. The second kappa shape index (κ2) is 7.00. The van der Waals surface area contributed by atoms with Gasteiger partial charge in [0, 0.05) is 29.6 Å². The molecule has 22 heavy (non-hydrogen) atoms. The second-order valence-corrected chi connectivity index (χ2v) is 5.43. The highest BCUT2D eigenvalue weighted by Gasteiger charge is 2.03. The molecule has 6 heteroatoms. The van der Waals surface area contributed by atoms with Crippen molar-refractivity contribution in [2.75, 3.05) is 10.6 Å². The van der Waals surface area contributed by atoms with Crippen LogP contribution in [0.25, 0.3) is 0 Å². The molecule has 0 aliphatic rings. The Hall–Kier alpha value is -2.47. The molecule has 2 aromatic heterocycles. The first-order valence-electron chi connectivity index (χ1n) is 6.78. The molecule has 0 bridgehead atoms. The predicted octanol–water partition coefficient (Wildman–Crippen LogP) is 3.99. The molecule has 0 aliphatic carbocycles. The van der Waals surface area contributed by atoms with Crippen molar-refractivity contribution in [3.8, 4) is 0 Å². The van der Waals surface area contributed by atoms with Crippen LogP contribution in [0, 0.1) is 0 Å². The summed E-state index contributed by atoms with van der Waals surface area (Å²) in [6.07, 6.45) is 5.27. The van der Waals surface area contributed by atoms with Gasteiger partial charge in [-0.15, -0.1) is 0 Å².